The summed E-state index contributed by atoms with van der Waals surface area (Å²) in [6.45, 7) is 13.9. The standard InChI is InChI=1S/C19H36N6O2/c1-6-13-24(18(26)27-19(3,4)5)16-12-22-17(20-7-2)21-10-8-14-25-15-9-11-23-25/h9,11,15H,6-8,10,12-14,16H2,1-5H3,(H2,20,21,22). The highest BCUT2D eigenvalue weighted by Gasteiger charge is 2.21. The van der Waals surface area contributed by atoms with Crippen LogP contribution in [0.15, 0.2) is 23.5 Å². The van der Waals surface area contributed by atoms with Crippen molar-refractivity contribution < 1.29 is 9.53 Å². The molecular formula is C19H36N6O2. The third-order valence-electron chi connectivity index (χ3n) is 3.54. The Labute approximate surface area is 163 Å². The molecule has 0 radical (unpaired) electrons. The molecule has 1 aromatic rings. The fourth-order valence-electron chi connectivity index (χ4n) is 2.40. The molecule has 2 N–H and O–H groups in total. The van der Waals surface area contributed by atoms with E-state index >= 15 is 0 Å². The van der Waals surface area contributed by atoms with Crippen molar-refractivity contribution in [1.82, 2.24) is 25.3 Å². The van der Waals surface area contributed by atoms with Crippen LogP contribution in [0.3, 0.4) is 0 Å². The Morgan fingerprint density at radius 1 is 1.26 bits per heavy atom. The molecule has 1 heterocycles. The number of carbonyl (C=O) groups excluding carboxylic acids is 1. The van der Waals surface area contributed by atoms with E-state index in [2.05, 4.69) is 27.6 Å². The predicted octanol–water partition coefficient (Wildman–Crippen LogP) is 2.48. The third-order valence-corrected chi connectivity index (χ3v) is 3.54. The Kier molecular flexibility index (Phi) is 10.3. The minimum Gasteiger partial charge on any atom is -0.444 e. The van der Waals surface area contributed by atoms with Crippen LogP contribution in [0.25, 0.3) is 0 Å². The lowest BCUT2D eigenvalue weighted by atomic mass is 10.2. The van der Waals surface area contributed by atoms with Gasteiger partial charge in [-0.05, 0) is 46.6 Å². The number of hydrogen-bond acceptors (Lipinski definition) is 4. The van der Waals surface area contributed by atoms with Crippen LogP contribution in [0.1, 0.15) is 47.5 Å². The molecule has 0 aliphatic heterocycles. The van der Waals surface area contributed by atoms with Crippen LogP contribution in [0.4, 0.5) is 4.79 Å². The van der Waals surface area contributed by atoms with Crippen LogP contribution in [0.2, 0.25) is 0 Å². The van der Waals surface area contributed by atoms with Crippen molar-refractivity contribution in [2.24, 2.45) is 4.99 Å². The second-order valence-corrected chi connectivity index (χ2v) is 7.28. The summed E-state index contributed by atoms with van der Waals surface area (Å²) in [7, 11) is 0. The SMILES string of the molecule is CCCN(CCNC(=NCCCn1cccn1)NCC)C(=O)OC(C)(C)C. The van der Waals surface area contributed by atoms with E-state index < -0.39 is 5.60 Å². The van der Waals surface area contributed by atoms with Gasteiger partial charge in [0.25, 0.3) is 0 Å². The minimum absolute atomic E-state index is 0.271. The van der Waals surface area contributed by atoms with E-state index in [0.717, 1.165) is 31.9 Å². The number of carbonyl (C=O) groups is 1. The second kappa shape index (κ2) is 12.2. The Balaban J connectivity index is 2.43. The van der Waals surface area contributed by atoms with Crippen LogP contribution >= 0.6 is 0 Å². The van der Waals surface area contributed by atoms with Gasteiger partial charge in [0.1, 0.15) is 5.60 Å². The summed E-state index contributed by atoms with van der Waals surface area (Å²) in [5.41, 5.74) is -0.485. The molecule has 0 bridgehead atoms. The van der Waals surface area contributed by atoms with Crippen molar-refractivity contribution in [1.29, 1.82) is 0 Å². The van der Waals surface area contributed by atoms with Gasteiger partial charge in [-0.1, -0.05) is 6.92 Å². The van der Waals surface area contributed by atoms with Crippen LogP contribution in [-0.2, 0) is 11.3 Å². The van der Waals surface area contributed by atoms with Crippen molar-refractivity contribution in [2.75, 3.05) is 32.7 Å². The van der Waals surface area contributed by atoms with Gasteiger partial charge in [0.2, 0.25) is 0 Å². The monoisotopic (exact) mass is 380 g/mol. The van der Waals surface area contributed by atoms with E-state index in [-0.39, 0.29) is 6.09 Å². The highest BCUT2D eigenvalue weighted by molar-refractivity contribution is 5.79. The summed E-state index contributed by atoms with van der Waals surface area (Å²) in [6.07, 6.45) is 5.26. The number of amides is 1. The maximum Gasteiger partial charge on any atom is 0.410 e. The normalized spacial score (nSPS) is 12.0. The summed E-state index contributed by atoms with van der Waals surface area (Å²) in [5.74, 6) is 0.763. The molecule has 8 nitrogen and oxygen atoms in total. The number of rotatable bonds is 10. The largest absolute Gasteiger partial charge is 0.444 e. The van der Waals surface area contributed by atoms with E-state index in [1.165, 1.54) is 0 Å². The lowest BCUT2D eigenvalue weighted by Gasteiger charge is -2.27. The number of ether oxygens (including phenoxy) is 1. The van der Waals surface area contributed by atoms with Gasteiger partial charge in [0, 0.05) is 51.7 Å². The molecule has 0 aliphatic carbocycles. The Morgan fingerprint density at radius 2 is 2.04 bits per heavy atom. The third kappa shape index (κ3) is 10.5. The van der Waals surface area contributed by atoms with Gasteiger partial charge >= 0.3 is 6.09 Å². The number of nitrogens with zero attached hydrogens (tertiary/aromatic N) is 4. The topological polar surface area (TPSA) is 83.8 Å². The summed E-state index contributed by atoms with van der Waals surface area (Å²) >= 11 is 0. The van der Waals surface area contributed by atoms with Gasteiger partial charge in [-0.15, -0.1) is 0 Å². The van der Waals surface area contributed by atoms with Crippen molar-refractivity contribution in [3.8, 4) is 0 Å². The van der Waals surface area contributed by atoms with Gasteiger partial charge in [0.05, 0.1) is 0 Å². The number of guanidine groups is 1. The van der Waals surface area contributed by atoms with E-state index in [1.54, 1.807) is 11.1 Å². The fraction of sp³-hybridized carbons (Fsp3) is 0.737. The first-order chi connectivity index (χ1) is 12.9. The van der Waals surface area contributed by atoms with Crippen molar-refractivity contribution in [3.63, 3.8) is 0 Å². The molecule has 0 spiro atoms. The molecule has 154 valence electrons. The molecule has 8 heteroatoms. The molecule has 1 amide bonds. The van der Waals surface area contributed by atoms with Gasteiger partial charge < -0.3 is 20.3 Å². The van der Waals surface area contributed by atoms with Crippen molar-refractivity contribution in [3.05, 3.63) is 18.5 Å². The van der Waals surface area contributed by atoms with Crippen LogP contribution in [-0.4, -0.2) is 65.1 Å². The molecular weight excluding hydrogens is 344 g/mol. The van der Waals surface area contributed by atoms with Gasteiger partial charge in [-0.25, -0.2) is 4.79 Å². The summed E-state index contributed by atoms with van der Waals surface area (Å²) in [5, 5.41) is 10.7. The average Bonchev–Trinajstić information content (AvgIpc) is 3.09. The molecule has 1 rings (SSSR count). The Bertz CT molecular complexity index is 551. The number of aromatic nitrogens is 2. The second-order valence-electron chi connectivity index (χ2n) is 7.28. The van der Waals surface area contributed by atoms with Gasteiger partial charge in [0.15, 0.2) is 5.96 Å². The summed E-state index contributed by atoms with van der Waals surface area (Å²) in [6, 6.07) is 1.92. The first-order valence-corrected chi connectivity index (χ1v) is 9.83. The smallest absolute Gasteiger partial charge is 0.410 e. The zero-order valence-corrected chi connectivity index (χ0v) is 17.5. The molecule has 0 saturated heterocycles. The molecule has 0 aliphatic rings. The first kappa shape index (κ1) is 22.8. The highest BCUT2D eigenvalue weighted by Crippen LogP contribution is 2.10. The number of aryl methyl sites for hydroxylation is 1. The predicted molar refractivity (Wildman–Crippen MR) is 109 cm³/mol. The number of aliphatic imine (C=N–C) groups is 1. The average molecular weight is 381 g/mol. The van der Waals surface area contributed by atoms with E-state index in [9.17, 15) is 4.79 Å². The number of hydrogen-bond donors (Lipinski definition) is 2. The highest BCUT2D eigenvalue weighted by atomic mass is 16.6. The molecule has 0 aromatic carbocycles. The summed E-state index contributed by atoms with van der Waals surface area (Å²) < 4.78 is 7.38. The van der Waals surface area contributed by atoms with Crippen LogP contribution < -0.4 is 10.6 Å². The molecule has 0 saturated carbocycles. The van der Waals surface area contributed by atoms with Crippen LogP contribution in [0, 0.1) is 0 Å². The van der Waals surface area contributed by atoms with Gasteiger partial charge in [-0.2, -0.15) is 5.10 Å². The lowest BCUT2D eigenvalue weighted by molar-refractivity contribution is 0.0253. The first-order valence-electron chi connectivity index (χ1n) is 9.83. The lowest BCUT2D eigenvalue weighted by Crippen LogP contribution is -2.44. The van der Waals surface area contributed by atoms with E-state index in [1.807, 2.05) is 44.6 Å². The Hall–Kier alpha value is -2.25. The molecule has 27 heavy (non-hydrogen) atoms. The fourth-order valence-corrected chi connectivity index (χ4v) is 2.40. The minimum atomic E-state index is -0.485. The van der Waals surface area contributed by atoms with Crippen molar-refractivity contribution in [2.45, 2.75) is 59.6 Å². The zero-order valence-electron chi connectivity index (χ0n) is 17.5. The molecule has 0 unspecified atom stereocenters. The molecule has 0 fully saturated rings. The maximum atomic E-state index is 12.3. The van der Waals surface area contributed by atoms with E-state index in [4.69, 9.17) is 4.74 Å². The van der Waals surface area contributed by atoms with Crippen LogP contribution in [0.5, 0.6) is 0 Å². The maximum absolute atomic E-state index is 12.3. The van der Waals surface area contributed by atoms with E-state index in [0.29, 0.717) is 26.2 Å². The van der Waals surface area contributed by atoms with Gasteiger partial charge in [-0.3, -0.25) is 9.67 Å². The Morgan fingerprint density at radius 3 is 2.63 bits per heavy atom. The molecule has 0 atom stereocenters. The van der Waals surface area contributed by atoms with Crippen molar-refractivity contribution >= 4 is 12.1 Å². The summed E-state index contributed by atoms with van der Waals surface area (Å²) in [4.78, 5) is 18.6. The zero-order chi connectivity index (χ0) is 20.1. The number of nitrogens with one attached hydrogen (secondary N) is 2. The molecule has 1 aromatic heterocycles. The quantitative estimate of drug-likeness (QED) is 0.370.